The Morgan fingerprint density at radius 2 is 2.13 bits per heavy atom. The van der Waals surface area contributed by atoms with E-state index >= 15 is 0 Å². The number of hydrogen-bond donors (Lipinski definition) is 1. The van der Waals surface area contributed by atoms with Crippen molar-refractivity contribution in [3.05, 3.63) is 28.2 Å². The second-order valence-electron chi connectivity index (χ2n) is 5.78. The van der Waals surface area contributed by atoms with Gasteiger partial charge in [-0.05, 0) is 44.4 Å². The predicted molar refractivity (Wildman–Crippen MR) is 99.0 cm³/mol. The second kappa shape index (κ2) is 9.50. The minimum atomic E-state index is -0.395. The van der Waals surface area contributed by atoms with Gasteiger partial charge in [-0.15, -0.1) is 12.4 Å². The van der Waals surface area contributed by atoms with Gasteiger partial charge in [-0.3, -0.25) is 4.79 Å². The van der Waals surface area contributed by atoms with Gasteiger partial charge in [0.15, 0.2) is 0 Å². The van der Waals surface area contributed by atoms with Gasteiger partial charge in [-0.25, -0.2) is 0 Å². The zero-order valence-electron chi connectivity index (χ0n) is 13.8. The number of ether oxygens (including phenoxy) is 1. The molecule has 0 radical (unpaired) electrons. The Morgan fingerprint density at radius 3 is 2.70 bits per heavy atom. The molecule has 1 amide bonds. The van der Waals surface area contributed by atoms with Crippen molar-refractivity contribution in [1.82, 2.24) is 4.90 Å². The summed E-state index contributed by atoms with van der Waals surface area (Å²) in [6, 6.07) is 5.88. The summed E-state index contributed by atoms with van der Waals surface area (Å²) < 4.78 is 6.68. The molecule has 0 aromatic heterocycles. The van der Waals surface area contributed by atoms with Crippen LogP contribution in [-0.4, -0.2) is 29.5 Å². The fourth-order valence-corrected chi connectivity index (χ4v) is 2.98. The summed E-state index contributed by atoms with van der Waals surface area (Å²) in [7, 11) is 0. The largest absolute Gasteiger partial charge is 0.494 e. The number of amides is 1. The molecule has 0 spiro atoms. The molecule has 23 heavy (non-hydrogen) atoms. The van der Waals surface area contributed by atoms with E-state index in [1.54, 1.807) is 0 Å². The summed E-state index contributed by atoms with van der Waals surface area (Å²) >= 11 is 3.50. The lowest BCUT2D eigenvalue weighted by molar-refractivity contribution is -0.134. The van der Waals surface area contributed by atoms with Crippen LogP contribution < -0.4 is 10.5 Å². The van der Waals surface area contributed by atoms with Crippen LogP contribution >= 0.6 is 28.3 Å². The molecule has 6 heteroatoms. The van der Waals surface area contributed by atoms with E-state index in [0.717, 1.165) is 41.5 Å². The highest BCUT2D eigenvalue weighted by Crippen LogP contribution is 2.32. The molecule has 0 bridgehead atoms. The maximum atomic E-state index is 12.6. The number of carbonyl (C=O) groups excluding carboxylic acids is 1. The number of nitrogens with zero attached hydrogens (tertiary/aromatic N) is 1. The monoisotopic (exact) mass is 404 g/mol. The number of halogens is 2. The van der Waals surface area contributed by atoms with Crippen molar-refractivity contribution in [3.63, 3.8) is 0 Å². The maximum absolute atomic E-state index is 12.6. The van der Waals surface area contributed by atoms with E-state index < -0.39 is 6.04 Å². The van der Waals surface area contributed by atoms with E-state index in [4.69, 9.17) is 10.5 Å². The quantitative estimate of drug-likeness (QED) is 0.714. The summed E-state index contributed by atoms with van der Waals surface area (Å²) in [6.07, 6.45) is 3.80. The lowest BCUT2D eigenvalue weighted by Crippen LogP contribution is -2.44. The first-order chi connectivity index (χ1) is 10.6. The lowest BCUT2D eigenvalue weighted by atomic mass is 10.1. The Labute approximate surface area is 153 Å². The molecule has 1 aliphatic rings. The van der Waals surface area contributed by atoms with E-state index in [2.05, 4.69) is 22.9 Å². The van der Waals surface area contributed by atoms with Crippen LogP contribution in [0.5, 0.6) is 5.75 Å². The van der Waals surface area contributed by atoms with Crippen molar-refractivity contribution in [2.75, 3.05) is 6.61 Å². The van der Waals surface area contributed by atoms with Gasteiger partial charge in [-0.2, -0.15) is 0 Å². The molecule has 1 saturated carbocycles. The Hall–Kier alpha value is -0.780. The molecular formula is C17H26BrClN2O2. The topological polar surface area (TPSA) is 55.6 Å². The number of carbonyl (C=O) groups is 1. The van der Waals surface area contributed by atoms with Gasteiger partial charge in [0.25, 0.3) is 0 Å². The molecule has 0 aliphatic heterocycles. The van der Waals surface area contributed by atoms with Crippen LogP contribution in [0.4, 0.5) is 0 Å². The van der Waals surface area contributed by atoms with Gasteiger partial charge in [0.1, 0.15) is 5.75 Å². The van der Waals surface area contributed by atoms with Crippen LogP contribution in [0.3, 0.4) is 0 Å². The molecule has 1 aromatic carbocycles. The van der Waals surface area contributed by atoms with Gasteiger partial charge in [0, 0.05) is 22.6 Å². The first-order valence-electron chi connectivity index (χ1n) is 8.04. The number of nitrogens with two attached hydrogens (primary N) is 1. The SMILES string of the molecule is CCCC(N)C(=O)N(Cc1cc(Br)ccc1OCC)C1CC1.Cl. The molecule has 0 heterocycles. The van der Waals surface area contributed by atoms with E-state index in [0.29, 0.717) is 19.2 Å². The minimum absolute atomic E-state index is 0. The normalized spacial score (nSPS) is 14.8. The fraction of sp³-hybridized carbons (Fsp3) is 0.588. The Kier molecular flexibility index (Phi) is 8.37. The van der Waals surface area contributed by atoms with Crippen molar-refractivity contribution in [3.8, 4) is 5.75 Å². The molecule has 4 nitrogen and oxygen atoms in total. The molecule has 1 aromatic rings. The van der Waals surface area contributed by atoms with Crippen LogP contribution in [0.2, 0.25) is 0 Å². The van der Waals surface area contributed by atoms with Gasteiger partial charge in [0.05, 0.1) is 12.6 Å². The first kappa shape index (κ1) is 20.3. The molecule has 1 atom stereocenters. The van der Waals surface area contributed by atoms with Crippen molar-refractivity contribution >= 4 is 34.2 Å². The Bertz CT molecular complexity index is 523. The van der Waals surface area contributed by atoms with E-state index in [-0.39, 0.29) is 18.3 Å². The van der Waals surface area contributed by atoms with Crippen LogP contribution in [0.25, 0.3) is 0 Å². The van der Waals surface area contributed by atoms with E-state index in [9.17, 15) is 4.79 Å². The Morgan fingerprint density at radius 1 is 1.43 bits per heavy atom. The summed E-state index contributed by atoms with van der Waals surface area (Å²) in [5.74, 6) is 0.903. The zero-order chi connectivity index (χ0) is 16.1. The van der Waals surface area contributed by atoms with Crippen LogP contribution in [0, 0.1) is 0 Å². The summed E-state index contributed by atoms with van der Waals surface area (Å²) in [5, 5.41) is 0. The third-order valence-electron chi connectivity index (χ3n) is 3.85. The van der Waals surface area contributed by atoms with Crippen molar-refractivity contribution in [2.24, 2.45) is 5.73 Å². The fourth-order valence-electron chi connectivity index (χ4n) is 2.57. The van der Waals surface area contributed by atoms with Crippen LogP contribution in [0.1, 0.15) is 45.1 Å². The molecular weight excluding hydrogens is 380 g/mol. The molecule has 1 fully saturated rings. The van der Waals surface area contributed by atoms with Gasteiger partial charge < -0.3 is 15.4 Å². The number of hydrogen-bond acceptors (Lipinski definition) is 3. The standard InChI is InChI=1S/C17H25BrN2O2.ClH/c1-3-5-15(19)17(21)20(14-7-8-14)11-12-10-13(18)6-9-16(12)22-4-2;/h6,9-10,14-15H,3-5,7-8,11,19H2,1-2H3;1H. The predicted octanol–water partition coefficient (Wildman–Crippen LogP) is 3.89. The lowest BCUT2D eigenvalue weighted by Gasteiger charge is -2.26. The Balaban J connectivity index is 0.00000264. The van der Waals surface area contributed by atoms with Crippen molar-refractivity contribution in [2.45, 2.75) is 58.2 Å². The zero-order valence-corrected chi connectivity index (χ0v) is 16.2. The summed E-state index contributed by atoms with van der Waals surface area (Å²) in [6.45, 7) is 5.19. The molecule has 1 unspecified atom stereocenters. The van der Waals surface area contributed by atoms with Crippen LogP contribution in [-0.2, 0) is 11.3 Å². The number of benzene rings is 1. The van der Waals surface area contributed by atoms with Gasteiger partial charge >= 0.3 is 0 Å². The second-order valence-corrected chi connectivity index (χ2v) is 6.69. The highest BCUT2D eigenvalue weighted by molar-refractivity contribution is 9.10. The molecule has 2 N–H and O–H groups in total. The van der Waals surface area contributed by atoms with Gasteiger partial charge in [0.2, 0.25) is 5.91 Å². The van der Waals surface area contributed by atoms with E-state index in [1.165, 1.54) is 0 Å². The average molecular weight is 406 g/mol. The van der Waals surface area contributed by atoms with E-state index in [1.807, 2.05) is 30.0 Å². The van der Waals surface area contributed by atoms with Crippen molar-refractivity contribution < 1.29 is 9.53 Å². The minimum Gasteiger partial charge on any atom is -0.494 e. The van der Waals surface area contributed by atoms with Crippen molar-refractivity contribution in [1.29, 1.82) is 0 Å². The van der Waals surface area contributed by atoms with Gasteiger partial charge in [-0.1, -0.05) is 29.3 Å². The highest BCUT2D eigenvalue weighted by atomic mass is 79.9. The third kappa shape index (κ3) is 5.66. The molecule has 2 rings (SSSR count). The molecule has 130 valence electrons. The average Bonchev–Trinajstić information content (AvgIpc) is 3.31. The number of rotatable bonds is 8. The molecule has 1 aliphatic carbocycles. The summed E-state index contributed by atoms with van der Waals surface area (Å²) in [5.41, 5.74) is 7.07. The highest BCUT2D eigenvalue weighted by Gasteiger charge is 2.35. The first-order valence-corrected chi connectivity index (χ1v) is 8.83. The van der Waals surface area contributed by atoms with Crippen LogP contribution in [0.15, 0.2) is 22.7 Å². The maximum Gasteiger partial charge on any atom is 0.240 e. The smallest absolute Gasteiger partial charge is 0.240 e. The summed E-state index contributed by atoms with van der Waals surface area (Å²) in [4.78, 5) is 14.6. The molecule has 0 saturated heterocycles. The third-order valence-corrected chi connectivity index (χ3v) is 4.34.